The molecule has 0 aliphatic carbocycles. The number of aliphatic carboxylic acids is 1. The van der Waals surface area contributed by atoms with Crippen LogP contribution in [-0.2, 0) is 14.3 Å². The van der Waals surface area contributed by atoms with Crippen molar-refractivity contribution in [3.05, 3.63) is 52.6 Å². The Morgan fingerprint density at radius 3 is 2.30 bits per heavy atom. The van der Waals surface area contributed by atoms with Crippen LogP contribution >= 0.6 is 24.0 Å². The number of furan rings is 1. The van der Waals surface area contributed by atoms with Crippen LogP contribution in [0.2, 0.25) is 0 Å². The molecule has 3 rings (SSSR count). The standard InChI is InChI=1S/C28H33NO6S2/c1-2-34-27(33)21-14-12-20(13-15-21)23-17-16-22(35-23)19-24-26(32)29(28(36)37-24)18-10-8-6-4-3-5-7-9-11-25(30)31/h12-17,19H,2-11,18H2,1H3,(H,30,31)/b24-19-. The fraction of sp³-hybridized carbons (Fsp3) is 0.429. The highest BCUT2D eigenvalue weighted by Crippen LogP contribution is 2.34. The molecule has 0 saturated carbocycles. The Bertz CT molecular complexity index is 1120. The first kappa shape index (κ1) is 28.7. The summed E-state index contributed by atoms with van der Waals surface area (Å²) in [6.07, 6.45) is 10.0. The van der Waals surface area contributed by atoms with E-state index in [0.717, 1.165) is 56.9 Å². The largest absolute Gasteiger partial charge is 0.481 e. The molecule has 9 heteroatoms. The Hall–Kier alpha value is -2.91. The molecule has 1 amide bonds. The number of unbranched alkanes of at least 4 members (excludes halogenated alkanes) is 7. The first-order valence-electron chi connectivity index (χ1n) is 12.7. The summed E-state index contributed by atoms with van der Waals surface area (Å²) >= 11 is 6.73. The number of nitrogens with zero attached hydrogens (tertiary/aromatic N) is 1. The van der Waals surface area contributed by atoms with E-state index in [4.69, 9.17) is 26.5 Å². The quantitative estimate of drug-likeness (QED) is 0.112. The third kappa shape index (κ3) is 8.86. The second-order valence-corrected chi connectivity index (χ2v) is 10.5. The average Bonchev–Trinajstić information content (AvgIpc) is 3.45. The molecule has 0 spiro atoms. The van der Waals surface area contributed by atoms with Gasteiger partial charge >= 0.3 is 11.9 Å². The Morgan fingerprint density at radius 2 is 1.65 bits per heavy atom. The molecule has 1 fully saturated rings. The van der Waals surface area contributed by atoms with E-state index in [1.165, 1.54) is 11.8 Å². The van der Waals surface area contributed by atoms with Gasteiger partial charge in [0.15, 0.2) is 0 Å². The number of carbonyl (C=O) groups excluding carboxylic acids is 2. The highest BCUT2D eigenvalue weighted by atomic mass is 32.2. The summed E-state index contributed by atoms with van der Waals surface area (Å²) in [5.74, 6) is 0.0254. The summed E-state index contributed by atoms with van der Waals surface area (Å²) in [5, 5.41) is 8.65. The lowest BCUT2D eigenvalue weighted by atomic mass is 10.1. The number of carbonyl (C=O) groups is 3. The zero-order chi connectivity index (χ0) is 26.6. The second-order valence-electron chi connectivity index (χ2n) is 8.81. The molecule has 0 radical (unpaired) electrons. The SMILES string of the molecule is CCOC(=O)c1ccc(-c2ccc(/C=C3\SC(=S)N(CCCCCCCCCCC(=O)O)C3=O)o2)cc1. The molecular weight excluding hydrogens is 510 g/mol. The zero-order valence-electron chi connectivity index (χ0n) is 21.1. The fourth-order valence-electron chi connectivity index (χ4n) is 4.00. The topological polar surface area (TPSA) is 97.0 Å². The Kier molecular flexibility index (Phi) is 11.4. The van der Waals surface area contributed by atoms with Gasteiger partial charge in [-0.2, -0.15) is 0 Å². The number of ether oxygens (including phenoxy) is 1. The number of thiocarbonyl (C=S) groups is 1. The lowest BCUT2D eigenvalue weighted by Gasteiger charge is -2.14. The van der Waals surface area contributed by atoms with Crippen molar-refractivity contribution in [3.63, 3.8) is 0 Å². The summed E-state index contributed by atoms with van der Waals surface area (Å²) in [6, 6.07) is 10.6. The molecule has 0 unspecified atom stereocenters. The summed E-state index contributed by atoms with van der Waals surface area (Å²) in [5.41, 5.74) is 1.30. The van der Waals surface area contributed by atoms with E-state index in [9.17, 15) is 14.4 Å². The van der Waals surface area contributed by atoms with E-state index >= 15 is 0 Å². The minimum Gasteiger partial charge on any atom is -0.481 e. The van der Waals surface area contributed by atoms with E-state index in [2.05, 4.69) is 0 Å². The van der Waals surface area contributed by atoms with E-state index in [0.29, 0.717) is 39.5 Å². The van der Waals surface area contributed by atoms with E-state index < -0.39 is 5.97 Å². The normalized spacial score (nSPS) is 14.5. The molecule has 37 heavy (non-hydrogen) atoms. The van der Waals surface area contributed by atoms with Crippen molar-refractivity contribution in [1.29, 1.82) is 0 Å². The number of thioether (sulfide) groups is 1. The van der Waals surface area contributed by atoms with Crippen LogP contribution in [0.25, 0.3) is 17.4 Å². The second kappa shape index (κ2) is 14.7. The molecule has 0 bridgehead atoms. The minimum absolute atomic E-state index is 0.0924. The predicted molar refractivity (Wildman–Crippen MR) is 149 cm³/mol. The van der Waals surface area contributed by atoms with Crippen molar-refractivity contribution in [2.45, 2.75) is 64.7 Å². The van der Waals surface area contributed by atoms with Gasteiger partial charge in [-0.1, -0.05) is 74.6 Å². The Labute approximate surface area is 227 Å². The molecule has 7 nitrogen and oxygen atoms in total. The number of carboxylic acid groups (broad SMARTS) is 1. The number of amides is 1. The van der Waals surface area contributed by atoms with Crippen molar-refractivity contribution in [1.82, 2.24) is 4.90 Å². The number of rotatable bonds is 15. The molecule has 0 atom stereocenters. The molecule has 1 N–H and O–H groups in total. The van der Waals surface area contributed by atoms with Crippen molar-refractivity contribution >= 4 is 52.2 Å². The summed E-state index contributed by atoms with van der Waals surface area (Å²) in [7, 11) is 0. The third-order valence-electron chi connectivity index (χ3n) is 5.98. The number of hydrogen-bond donors (Lipinski definition) is 1. The number of benzene rings is 1. The summed E-state index contributed by atoms with van der Waals surface area (Å²) in [4.78, 5) is 37.4. The van der Waals surface area contributed by atoms with Crippen LogP contribution in [-0.4, -0.2) is 45.3 Å². The summed E-state index contributed by atoms with van der Waals surface area (Å²) in [6.45, 7) is 2.70. The molecule has 198 valence electrons. The van der Waals surface area contributed by atoms with Crippen molar-refractivity contribution in [2.24, 2.45) is 0 Å². The first-order valence-corrected chi connectivity index (χ1v) is 14.0. The van der Waals surface area contributed by atoms with Crippen LogP contribution in [0, 0.1) is 0 Å². The van der Waals surface area contributed by atoms with Crippen LogP contribution in [0.3, 0.4) is 0 Å². The van der Waals surface area contributed by atoms with Gasteiger partial charge in [0.2, 0.25) is 0 Å². The molecule has 2 aromatic rings. The fourth-order valence-corrected chi connectivity index (χ4v) is 5.29. The monoisotopic (exact) mass is 543 g/mol. The predicted octanol–water partition coefficient (Wildman–Crippen LogP) is 6.92. The number of carboxylic acids is 1. The average molecular weight is 544 g/mol. The lowest BCUT2D eigenvalue weighted by Crippen LogP contribution is -2.28. The van der Waals surface area contributed by atoms with Crippen molar-refractivity contribution in [2.75, 3.05) is 13.2 Å². The van der Waals surface area contributed by atoms with Crippen LogP contribution in [0.15, 0.2) is 45.7 Å². The molecule has 1 aromatic carbocycles. The Balaban J connectivity index is 1.44. The van der Waals surface area contributed by atoms with Gasteiger partial charge in [0, 0.05) is 24.6 Å². The van der Waals surface area contributed by atoms with Gasteiger partial charge in [0.05, 0.1) is 17.1 Å². The molecule has 1 aliphatic heterocycles. The van der Waals surface area contributed by atoms with Crippen LogP contribution < -0.4 is 0 Å². The van der Waals surface area contributed by atoms with Crippen LogP contribution in [0.4, 0.5) is 0 Å². The third-order valence-corrected chi connectivity index (χ3v) is 7.35. The van der Waals surface area contributed by atoms with E-state index in [-0.39, 0.29) is 18.3 Å². The maximum atomic E-state index is 12.9. The van der Waals surface area contributed by atoms with Gasteiger partial charge in [-0.3, -0.25) is 14.5 Å². The van der Waals surface area contributed by atoms with E-state index in [1.54, 1.807) is 42.2 Å². The van der Waals surface area contributed by atoms with Gasteiger partial charge in [-0.25, -0.2) is 4.79 Å². The minimum atomic E-state index is -0.723. The molecule has 1 saturated heterocycles. The molecular formula is C28H33NO6S2. The van der Waals surface area contributed by atoms with Crippen molar-refractivity contribution in [3.8, 4) is 11.3 Å². The number of esters is 1. The number of hydrogen-bond acceptors (Lipinski definition) is 7. The van der Waals surface area contributed by atoms with Crippen LogP contribution in [0.5, 0.6) is 0 Å². The highest BCUT2D eigenvalue weighted by Gasteiger charge is 2.31. The van der Waals surface area contributed by atoms with Gasteiger partial charge in [-0.05, 0) is 44.0 Å². The van der Waals surface area contributed by atoms with Gasteiger partial charge < -0.3 is 14.3 Å². The summed E-state index contributed by atoms with van der Waals surface area (Å²) < 4.78 is 11.5. The Morgan fingerprint density at radius 1 is 1.00 bits per heavy atom. The van der Waals surface area contributed by atoms with Crippen molar-refractivity contribution < 1.29 is 28.6 Å². The maximum absolute atomic E-state index is 12.9. The first-order chi connectivity index (χ1) is 17.9. The van der Waals surface area contributed by atoms with Gasteiger partial charge in [0.25, 0.3) is 5.91 Å². The smallest absolute Gasteiger partial charge is 0.338 e. The molecule has 1 aliphatic rings. The zero-order valence-corrected chi connectivity index (χ0v) is 22.7. The molecule has 1 aromatic heterocycles. The van der Waals surface area contributed by atoms with E-state index in [1.807, 2.05) is 12.1 Å². The van der Waals surface area contributed by atoms with Gasteiger partial charge in [-0.15, -0.1) is 0 Å². The highest BCUT2D eigenvalue weighted by molar-refractivity contribution is 8.26. The van der Waals surface area contributed by atoms with Crippen LogP contribution in [0.1, 0.15) is 80.8 Å². The van der Waals surface area contributed by atoms with Gasteiger partial charge in [0.1, 0.15) is 15.8 Å². The lowest BCUT2D eigenvalue weighted by molar-refractivity contribution is -0.137. The molecule has 2 heterocycles. The maximum Gasteiger partial charge on any atom is 0.338 e.